The molecule has 0 radical (unpaired) electrons. The highest BCUT2D eigenvalue weighted by Gasteiger charge is 2.39. The molecule has 2 aliphatic rings. The lowest BCUT2D eigenvalue weighted by atomic mass is 10.1. The average molecular weight is 475 g/mol. The van der Waals surface area contributed by atoms with E-state index in [4.69, 9.17) is 0 Å². The molecule has 0 spiro atoms. The van der Waals surface area contributed by atoms with E-state index in [-0.39, 0.29) is 18.0 Å². The van der Waals surface area contributed by atoms with Gasteiger partial charge in [0.05, 0.1) is 11.6 Å². The molecular weight excluding hydrogens is 441 g/mol. The van der Waals surface area contributed by atoms with Crippen molar-refractivity contribution in [2.24, 2.45) is 0 Å². The van der Waals surface area contributed by atoms with E-state index in [1.165, 1.54) is 17.7 Å². The van der Waals surface area contributed by atoms with E-state index in [1.807, 2.05) is 28.0 Å². The van der Waals surface area contributed by atoms with Gasteiger partial charge in [-0.3, -0.25) is 9.69 Å². The van der Waals surface area contributed by atoms with Crippen LogP contribution < -0.4 is 10.2 Å². The van der Waals surface area contributed by atoms with Crippen molar-refractivity contribution in [2.45, 2.75) is 51.1 Å². The molecule has 184 valence electrons. The quantitative estimate of drug-likeness (QED) is 0.687. The zero-order chi connectivity index (χ0) is 24.3. The zero-order valence-corrected chi connectivity index (χ0v) is 19.8. The molecule has 0 saturated carbocycles. The van der Waals surface area contributed by atoms with Crippen molar-refractivity contribution >= 4 is 11.6 Å². The fraction of sp³-hybridized carbons (Fsp3) is 0.500. The molecule has 2 heterocycles. The Morgan fingerprint density at radius 3 is 2.38 bits per heavy atom. The van der Waals surface area contributed by atoms with Crippen LogP contribution in [-0.4, -0.2) is 66.6 Å². The molecule has 0 bridgehead atoms. The third kappa shape index (κ3) is 5.91. The minimum absolute atomic E-state index is 0.118. The number of piperazine rings is 1. The van der Waals surface area contributed by atoms with Gasteiger partial charge in [0.25, 0.3) is 0 Å². The molecule has 0 aliphatic carbocycles. The summed E-state index contributed by atoms with van der Waals surface area (Å²) < 4.78 is 39.3. The summed E-state index contributed by atoms with van der Waals surface area (Å²) >= 11 is 0. The van der Waals surface area contributed by atoms with E-state index < -0.39 is 11.7 Å². The first-order chi connectivity index (χ1) is 16.2. The van der Waals surface area contributed by atoms with Gasteiger partial charge in [0.1, 0.15) is 0 Å². The first-order valence-electron chi connectivity index (χ1n) is 12.0. The van der Waals surface area contributed by atoms with Crippen molar-refractivity contribution in [3.05, 3.63) is 65.7 Å². The second kappa shape index (κ2) is 10.4. The minimum atomic E-state index is -4.36. The van der Waals surface area contributed by atoms with Crippen molar-refractivity contribution in [3.8, 4) is 0 Å². The molecule has 34 heavy (non-hydrogen) atoms. The minimum Gasteiger partial charge on any atom is -0.368 e. The van der Waals surface area contributed by atoms with Gasteiger partial charge in [-0.05, 0) is 30.2 Å². The van der Waals surface area contributed by atoms with Crippen LogP contribution in [0.3, 0.4) is 0 Å². The van der Waals surface area contributed by atoms with Crippen LogP contribution in [0.25, 0.3) is 0 Å². The molecule has 2 aliphatic heterocycles. The summed E-state index contributed by atoms with van der Waals surface area (Å²) in [6.07, 6.45) is -3.60. The van der Waals surface area contributed by atoms with Gasteiger partial charge in [-0.15, -0.1) is 0 Å². The molecule has 0 aromatic heterocycles. The molecule has 0 unspecified atom stereocenters. The molecular formula is C26H33F3N4O. The SMILES string of the molecule is CC(C)N[C@H]1C[C@@H](C(=O)N2CCN(c3cccc(C(F)(F)F)c3)CC2)N(Cc2ccccc2)C1. The standard InChI is InChI=1S/C26H33F3N4O/c1-19(2)30-22-16-24(33(18-22)17-20-7-4-3-5-8-20)25(34)32-13-11-31(12-14-32)23-10-6-9-21(15-23)26(27,28)29/h3-10,15,19,22,24,30H,11-14,16-18H2,1-2H3/t22-,24-/m0/s1. The van der Waals surface area contributed by atoms with Crippen LogP contribution in [-0.2, 0) is 17.5 Å². The Morgan fingerprint density at radius 2 is 1.74 bits per heavy atom. The number of anilines is 1. The van der Waals surface area contributed by atoms with E-state index in [9.17, 15) is 18.0 Å². The lowest BCUT2D eigenvalue weighted by Crippen LogP contribution is -2.53. The number of likely N-dealkylation sites (tertiary alicyclic amines) is 1. The van der Waals surface area contributed by atoms with Crippen LogP contribution in [0.1, 0.15) is 31.4 Å². The Morgan fingerprint density at radius 1 is 1.03 bits per heavy atom. The van der Waals surface area contributed by atoms with Crippen molar-refractivity contribution in [1.82, 2.24) is 15.1 Å². The predicted molar refractivity (Wildman–Crippen MR) is 128 cm³/mol. The van der Waals surface area contributed by atoms with Crippen molar-refractivity contribution in [1.29, 1.82) is 0 Å². The van der Waals surface area contributed by atoms with Gasteiger partial charge in [-0.25, -0.2) is 0 Å². The third-order valence-electron chi connectivity index (χ3n) is 6.62. The monoisotopic (exact) mass is 474 g/mol. The topological polar surface area (TPSA) is 38.8 Å². The number of alkyl halides is 3. The van der Waals surface area contributed by atoms with Gasteiger partial charge in [0.2, 0.25) is 5.91 Å². The summed E-state index contributed by atoms with van der Waals surface area (Å²) in [7, 11) is 0. The van der Waals surface area contributed by atoms with Gasteiger partial charge in [0.15, 0.2) is 0 Å². The number of hydrogen-bond donors (Lipinski definition) is 1. The highest BCUT2D eigenvalue weighted by Crippen LogP contribution is 2.32. The summed E-state index contributed by atoms with van der Waals surface area (Å²) in [4.78, 5) is 19.6. The van der Waals surface area contributed by atoms with Crippen LogP contribution in [0.4, 0.5) is 18.9 Å². The molecule has 2 atom stereocenters. The Labute approximate surface area is 199 Å². The Kier molecular flexibility index (Phi) is 7.48. The summed E-state index contributed by atoms with van der Waals surface area (Å²) in [5.41, 5.74) is 1.09. The van der Waals surface area contributed by atoms with E-state index in [0.717, 1.165) is 25.6 Å². The predicted octanol–water partition coefficient (Wildman–Crippen LogP) is 4.00. The number of benzene rings is 2. The van der Waals surface area contributed by atoms with E-state index >= 15 is 0 Å². The fourth-order valence-corrected chi connectivity index (χ4v) is 5.02. The van der Waals surface area contributed by atoms with Crippen molar-refractivity contribution < 1.29 is 18.0 Å². The van der Waals surface area contributed by atoms with Crippen LogP contribution in [0.15, 0.2) is 54.6 Å². The molecule has 2 fully saturated rings. The first-order valence-corrected chi connectivity index (χ1v) is 12.0. The maximum absolute atomic E-state index is 13.6. The number of carbonyl (C=O) groups excluding carboxylic acids is 1. The number of hydrogen-bond acceptors (Lipinski definition) is 4. The smallest absolute Gasteiger partial charge is 0.368 e. The summed E-state index contributed by atoms with van der Waals surface area (Å²) in [6.45, 7) is 7.82. The molecule has 5 nitrogen and oxygen atoms in total. The Bertz CT molecular complexity index is 958. The lowest BCUT2D eigenvalue weighted by Gasteiger charge is -2.38. The molecule has 8 heteroatoms. The summed E-state index contributed by atoms with van der Waals surface area (Å²) in [6, 6.07) is 16.0. The third-order valence-corrected chi connectivity index (χ3v) is 6.62. The molecule has 1 amide bonds. The highest BCUT2D eigenvalue weighted by atomic mass is 19.4. The number of halogens is 3. The first kappa shape index (κ1) is 24.5. The fourth-order valence-electron chi connectivity index (χ4n) is 5.02. The normalized spacial score (nSPS) is 21.9. The number of amides is 1. The van der Waals surface area contributed by atoms with E-state index in [0.29, 0.717) is 37.9 Å². The second-order valence-corrected chi connectivity index (χ2v) is 9.55. The molecule has 2 aromatic rings. The molecule has 4 rings (SSSR count). The van der Waals surface area contributed by atoms with Crippen LogP contribution in [0, 0.1) is 0 Å². The molecule has 1 N–H and O–H groups in total. The summed E-state index contributed by atoms with van der Waals surface area (Å²) in [5.74, 6) is 0.118. The Hall–Kier alpha value is -2.58. The van der Waals surface area contributed by atoms with E-state index in [2.05, 4.69) is 36.2 Å². The maximum Gasteiger partial charge on any atom is 0.416 e. The van der Waals surface area contributed by atoms with Gasteiger partial charge in [-0.1, -0.05) is 50.2 Å². The van der Waals surface area contributed by atoms with E-state index in [1.54, 1.807) is 6.07 Å². The maximum atomic E-state index is 13.6. The number of nitrogens with one attached hydrogen (secondary N) is 1. The van der Waals surface area contributed by atoms with Gasteiger partial charge < -0.3 is 15.1 Å². The van der Waals surface area contributed by atoms with Crippen molar-refractivity contribution in [2.75, 3.05) is 37.6 Å². The van der Waals surface area contributed by atoms with Crippen molar-refractivity contribution in [3.63, 3.8) is 0 Å². The molecule has 2 saturated heterocycles. The van der Waals surface area contributed by atoms with Crippen LogP contribution in [0.5, 0.6) is 0 Å². The average Bonchev–Trinajstić information content (AvgIpc) is 3.20. The van der Waals surface area contributed by atoms with Gasteiger partial charge in [-0.2, -0.15) is 13.2 Å². The van der Waals surface area contributed by atoms with Crippen LogP contribution in [0.2, 0.25) is 0 Å². The second-order valence-electron chi connectivity index (χ2n) is 9.55. The highest BCUT2D eigenvalue weighted by molar-refractivity contribution is 5.82. The number of carbonyl (C=O) groups is 1. The molecule has 2 aromatic carbocycles. The Balaban J connectivity index is 1.41. The zero-order valence-electron chi connectivity index (χ0n) is 19.8. The number of rotatable bonds is 6. The van der Waals surface area contributed by atoms with Crippen LogP contribution >= 0.6 is 0 Å². The lowest BCUT2D eigenvalue weighted by molar-refractivity contribution is -0.137. The summed E-state index contributed by atoms with van der Waals surface area (Å²) in [5, 5.41) is 3.58. The van der Waals surface area contributed by atoms with Gasteiger partial charge >= 0.3 is 6.18 Å². The van der Waals surface area contributed by atoms with Gasteiger partial charge in [0, 0.05) is 57.0 Å². The largest absolute Gasteiger partial charge is 0.416 e. The number of nitrogens with zero attached hydrogens (tertiary/aromatic N) is 3.